The quantitative estimate of drug-likeness (QED) is 0.441. The van der Waals surface area contributed by atoms with Gasteiger partial charge in [-0.05, 0) is 37.3 Å². The molecular weight excluding hydrogens is 448 g/mol. The molecular formula is C26H34N4O5. The van der Waals surface area contributed by atoms with Gasteiger partial charge in [-0.25, -0.2) is 4.98 Å². The van der Waals surface area contributed by atoms with Gasteiger partial charge >= 0.3 is 0 Å². The van der Waals surface area contributed by atoms with Crippen molar-refractivity contribution in [3.8, 4) is 0 Å². The smallest absolute Gasteiger partial charge is 0.290 e. The minimum Gasteiger partial charge on any atom is -0.483 e. The summed E-state index contributed by atoms with van der Waals surface area (Å²) in [6, 6.07) is 15.0. The van der Waals surface area contributed by atoms with Gasteiger partial charge in [0.15, 0.2) is 0 Å². The fourth-order valence-corrected chi connectivity index (χ4v) is 5.19. The third-order valence-electron chi connectivity index (χ3n) is 6.76. The molecule has 5 N–H and O–H groups in total. The second kappa shape index (κ2) is 13.9. The number of rotatable bonds is 7. The first-order valence-corrected chi connectivity index (χ1v) is 11.6. The number of amides is 1. The SMILES string of the molecule is CC[C@@]1(C(=O)NCc2cccnc2N)C[C@@H]2CC[C@H]1N2C/C=C/c1ccccc1.O=CO.O=CO. The Kier molecular flexibility index (Phi) is 10.9. The Morgan fingerprint density at radius 2 is 1.86 bits per heavy atom. The maximum Gasteiger partial charge on any atom is 0.290 e. The van der Waals surface area contributed by atoms with E-state index in [9.17, 15) is 4.79 Å². The van der Waals surface area contributed by atoms with E-state index < -0.39 is 0 Å². The van der Waals surface area contributed by atoms with Crippen molar-refractivity contribution in [3.05, 3.63) is 65.9 Å². The van der Waals surface area contributed by atoms with Crippen molar-refractivity contribution in [2.24, 2.45) is 5.41 Å². The average molecular weight is 483 g/mol. The van der Waals surface area contributed by atoms with Crippen LogP contribution in [0.4, 0.5) is 5.82 Å². The first-order chi connectivity index (χ1) is 17.0. The van der Waals surface area contributed by atoms with Crippen LogP contribution in [0.2, 0.25) is 0 Å². The lowest BCUT2D eigenvalue weighted by atomic mass is 9.71. The lowest BCUT2D eigenvalue weighted by Gasteiger charge is -2.35. The molecule has 2 bridgehead atoms. The molecule has 2 fully saturated rings. The van der Waals surface area contributed by atoms with Crippen molar-refractivity contribution in [3.63, 3.8) is 0 Å². The van der Waals surface area contributed by atoms with Crippen LogP contribution in [0.25, 0.3) is 6.08 Å². The molecule has 3 atom stereocenters. The van der Waals surface area contributed by atoms with Gasteiger partial charge in [0, 0.05) is 36.9 Å². The molecule has 35 heavy (non-hydrogen) atoms. The first kappa shape index (κ1) is 27.5. The molecule has 1 amide bonds. The summed E-state index contributed by atoms with van der Waals surface area (Å²) in [4.78, 5) is 36.7. The monoisotopic (exact) mass is 482 g/mol. The van der Waals surface area contributed by atoms with Crippen LogP contribution in [0.5, 0.6) is 0 Å². The molecule has 9 heteroatoms. The number of carboxylic acid groups (broad SMARTS) is 2. The third kappa shape index (κ3) is 6.89. The van der Waals surface area contributed by atoms with E-state index in [4.69, 9.17) is 25.5 Å². The predicted molar refractivity (Wildman–Crippen MR) is 134 cm³/mol. The van der Waals surface area contributed by atoms with Crippen LogP contribution in [-0.2, 0) is 20.9 Å². The number of carbonyl (C=O) groups excluding carboxylic acids is 1. The minimum atomic E-state index is -0.305. The molecule has 0 unspecified atom stereocenters. The van der Waals surface area contributed by atoms with Crippen LogP contribution in [0.15, 0.2) is 54.7 Å². The number of pyridine rings is 1. The molecule has 2 aliphatic rings. The van der Waals surface area contributed by atoms with Gasteiger partial charge < -0.3 is 21.3 Å². The summed E-state index contributed by atoms with van der Waals surface area (Å²) in [6.45, 7) is 2.98. The summed E-state index contributed by atoms with van der Waals surface area (Å²) in [5, 5.41) is 16.9. The van der Waals surface area contributed by atoms with E-state index in [0.29, 0.717) is 24.4 Å². The maximum absolute atomic E-state index is 13.3. The zero-order valence-corrected chi connectivity index (χ0v) is 19.9. The van der Waals surface area contributed by atoms with Crippen molar-refractivity contribution in [2.75, 3.05) is 12.3 Å². The lowest BCUT2D eigenvalue weighted by molar-refractivity contribution is -0.133. The number of benzene rings is 1. The van der Waals surface area contributed by atoms with Gasteiger partial charge in [0.1, 0.15) is 5.82 Å². The van der Waals surface area contributed by atoms with Crippen LogP contribution in [0.1, 0.15) is 43.7 Å². The molecule has 0 saturated carbocycles. The lowest BCUT2D eigenvalue weighted by Crippen LogP contribution is -2.48. The van der Waals surface area contributed by atoms with Gasteiger partial charge in [-0.3, -0.25) is 19.3 Å². The molecule has 1 aromatic carbocycles. The summed E-state index contributed by atoms with van der Waals surface area (Å²) in [5.41, 5.74) is 7.72. The Balaban J connectivity index is 0.000000655. The Morgan fingerprint density at radius 1 is 1.17 bits per heavy atom. The number of nitrogen functional groups attached to an aromatic ring is 1. The molecule has 2 aliphatic heterocycles. The number of nitrogens with one attached hydrogen (secondary N) is 1. The number of nitrogens with two attached hydrogens (primary N) is 1. The fourth-order valence-electron chi connectivity index (χ4n) is 5.19. The highest BCUT2D eigenvalue weighted by molar-refractivity contribution is 5.84. The number of fused-ring (bicyclic) bond motifs is 2. The van der Waals surface area contributed by atoms with Crippen molar-refractivity contribution in [2.45, 2.75) is 51.2 Å². The highest BCUT2D eigenvalue weighted by Gasteiger charge is 2.58. The van der Waals surface area contributed by atoms with E-state index in [0.717, 1.165) is 31.4 Å². The third-order valence-corrected chi connectivity index (χ3v) is 6.76. The Labute approximate surface area is 205 Å². The molecule has 2 aromatic rings. The molecule has 0 spiro atoms. The van der Waals surface area contributed by atoms with Crippen molar-refractivity contribution in [1.82, 2.24) is 15.2 Å². The summed E-state index contributed by atoms with van der Waals surface area (Å²) < 4.78 is 0. The van der Waals surface area contributed by atoms with Crippen molar-refractivity contribution in [1.29, 1.82) is 0 Å². The van der Waals surface area contributed by atoms with Crippen LogP contribution in [0.3, 0.4) is 0 Å². The van der Waals surface area contributed by atoms with Crippen LogP contribution in [0, 0.1) is 5.41 Å². The molecule has 188 valence electrons. The Bertz CT molecular complexity index is 979. The first-order valence-electron chi connectivity index (χ1n) is 11.6. The van der Waals surface area contributed by atoms with E-state index in [-0.39, 0.29) is 24.3 Å². The van der Waals surface area contributed by atoms with Crippen LogP contribution >= 0.6 is 0 Å². The van der Waals surface area contributed by atoms with Crippen LogP contribution < -0.4 is 11.1 Å². The van der Waals surface area contributed by atoms with E-state index >= 15 is 0 Å². The molecule has 1 aromatic heterocycles. The number of carbonyl (C=O) groups is 3. The van der Waals surface area contributed by atoms with Gasteiger partial charge in [0.2, 0.25) is 5.91 Å². The Hall–Kier alpha value is -3.72. The molecule has 4 rings (SSSR count). The molecule has 0 aliphatic carbocycles. The van der Waals surface area contributed by atoms with E-state index in [1.54, 1.807) is 6.20 Å². The standard InChI is InChI=1S/C24H30N4O.2CH2O2/c1-2-24(23(29)27-17-19-11-6-14-26-22(19)25)16-20-12-13-21(24)28(20)15-7-10-18-8-4-3-5-9-18;2*2-1-3/h3-11,14,20-21H,2,12-13,15-17H2,1H3,(H2,25,26)(H,27,29);2*1H,(H,2,3)/b10-7+;;/t20-,21+,24+;;/m0../s1. The molecule has 2 saturated heterocycles. The summed E-state index contributed by atoms with van der Waals surface area (Å²) in [7, 11) is 0. The minimum absolute atomic E-state index is 0.160. The number of hydrogen-bond acceptors (Lipinski definition) is 6. The van der Waals surface area contributed by atoms with Gasteiger partial charge in [-0.15, -0.1) is 0 Å². The zero-order chi connectivity index (χ0) is 25.7. The van der Waals surface area contributed by atoms with Gasteiger partial charge in [-0.2, -0.15) is 0 Å². The largest absolute Gasteiger partial charge is 0.483 e. The molecule has 3 heterocycles. The maximum atomic E-state index is 13.3. The Morgan fingerprint density at radius 3 is 2.49 bits per heavy atom. The molecule has 0 radical (unpaired) electrons. The van der Waals surface area contributed by atoms with Gasteiger partial charge in [0.05, 0.1) is 5.41 Å². The van der Waals surface area contributed by atoms with Crippen molar-refractivity contribution < 1.29 is 24.6 Å². The van der Waals surface area contributed by atoms with Gasteiger partial charge in [-0.1, -0.05) is 55.5 Å². The topological polar surface area (TPSA) is 146 Å². The normalized spacial score (nSPS) is 22.4. The van der Waals surface area contributed by atoms with E-state index in [1.165, 1.54) is 12.0 Å². The number of nitrogens with zero attached hydrogens (tertiary/aromatic N) is 2. The number of anilines is 1. The second-order valence-electron chi connectivity index (χ2n) is 8.41. The van der Waals surface area contributed by atoms with E-state index in [2.05, 4.69) is 58.5 Å². The average Bonchev–Trinajstić information content (AvgIpc) is 3.40. The summed E-state index contributed by atoms with van der Waals surface area (Å²) in [6.07, 6.45) is 10.2. The van der Waals surface area contributed by atoms with E-state index in [1.807, 2.05) is 18.2 Å². The zero-order valence-electron chi connectivity index (χ0n) is 19.9. The highest BCUT2D eigenvalue weighted by atomic mass is 16.3. The van der Waals surface area contributed by atoms with Gasteiger partial charge in [0.25, 0.3) is 12.9 Å². The summed E-state index contributed by atoms with van der Waals surface area (Å²) in [5.74, 6) is 0.645. The van der Waals surface area contributed by atoms with Crippen molar-refractivity contribution >= 4 is 30.7 Å². The second-order valence-corrected chi connectivity index (χ2v) is 8.41. The number of hydrogen-bond donors (Lipinski definition) is 4. The number of aromatic nitrogens is 1. The molecule has 9 nitrogen and oxygen atoms in total. The summed E-state index contributed by atoms with van der Waals surface area (Å²) >= 11 is 0. The van der Waals surface area contributed by atoms with Crippen LogP contribution in [-0.4, -0.2) is 57.6 Å². The predicted octanol–water partition coefficient (Wildman–Crippen LogP) is 3.03. The highest BCUT2D eigenvalue weighted by Crippen LogP contribution is 2.51. The fraction of sp³-hybridized carbons (Fsp3) is 0.385.